The van der Waals surface area contributed by atoms with Crippen LogP contribution >= 0.6 is 11.8 Å². The van der Waals surface area contributed by atoms with Gasteiger partial charge in [-0.25, -0.2) is 0 Å². The highest BCUT2D eigenvalue weighted by Gasteiger charge is 2.06. The smallest absolute Gasteiger partial charge is 0.193 e. The van der Waals surface area contributed by atoms with Crippen molar-refractivity contribution in [2.45, 2.75) is 5.09 Å². The minimum atomic E-state index is 0.735. The lowest BCUT2D eigenvalue weighted by Crippen LogP contribution is -1.68. The maximum Gasteiger partial charge on any atom is 0.193 e. The van der Waals surface area contributed by atoms with Crippen LogP contribution in [-0.4, -0.2) is 11.4 Å². The van der Waals surface area contributed by atoms with Gasteiger partial charge in [0.15, 0.2) is 10.9 Å². The van der Waals surface area contributed by atoms with Gasteiger partial charge in [0.1, 0.15) is 5.69 Å². The molecule has 0 bridgehead atoms. The number of hydrogen-bond donors (Lipinski definition) is 0. The van der Waals surface area contributed by atoms with Crippen LogP contribution < -0.4 is 0 Å². The van der Waals surface area contributed by atoms with Crippen molar-refractivity contribution in [3.8, 4) is 11.5 Å². The van der Waals surface area contributed by atoms with Crippen molar-refractivity contribution in [2.24, 2.45) is 0 Å². The summed E-state index contributed by atoms with van der Waals surface area (Å²) in [6.07, 6.45) is 3.55. The van der Waals surface area contributed by atoms with Crippen LogP contribution in [0.1, 0.15) is 0 Å². The number of aromatic nitrogens is 1. The molecule has 2 heterocycles. The van der Waals surface area contributed by atoms with Gasteiger partial charge < -0.3 is 8.94 Å². The second kappa shape index (κ2) is 3.06. The van der Waals surface area contributed by atoms with Gasteiger partial charge in [0.05, 0.1) is 6.26 Å². The third-order valence-electron chi connectivity index (χ3n) is 1.46. The first-order valence-corrected chi connectivity index (χ1v) is 4.67. The number of nitrogens with zero attached hydrogens (tertiary/aromatic N) is 1. The van der Waals surface area contributed by atoms with Crippen LogP contribution in [0.2, 0.25) is 0 Å². The summed E-state index contributed by atoms with van der Waals surface area (Å²) in [6, 6.07) is 5.52. The minimum Gasteiger partial charge on any atom is -0.463 e. The molecule has 0 spiro atoms. The molecule has 0 saturated heterocycles. The largest absolute Gasteiger partial charge is 0.463 e. The van der Waals surface area contributed by atoms with Crippen molar-refractivity contribution >= 4 is 11.8 Å². The minimum absolute atomic E-state index is 0.735. The summed E-state index contributed by atoms with van der Waals surface area (Å²) >= 11 is 1.52. The first kappa shape index (κ1) is 7.49. The highest BCUT2D eigenvalue weighted by Crippen LogP contribution is 2.23. The van der Waals surface area contributed by atoms with Gasteiger partial charge >= 0.3 is 0 Å². The van der Waals surface area contributed by atoms with Gasteiger partial charge in [-0.3, -0.25) is 0 Å². The first-order chi connectivity index (χ1) is 5.90. The van der Waals surface area contributed by atoms with Gasteiger partial charge in [0.2, 0.25) is 0 Å². The van der Waals surface area contributed by atoms with E-state index < -0.39 is 0 Å². The van der Waals surface area contributed by atoms with Gasteiger partial charge in [0, 0.05) is 6.07 Å². The van der Waals surface area contributed by atoms with Crippen LogP contribution in [-0.2, 0) is 0 Å². The van der Waals surface area contributed by atoms with E-state index in [1.807, 2.05) is 24.5 Å². The van der Waals surface area contributed by atoms with Crippen LogP contribution in [0.3, 0.4) is 0 Å². The third-order valence-corrected chi connectivity index (χ3v) is 2.06. The summed E-state index contributed by atoms with van der Waals surface area (Å²) in [7, 11) is 0. The van der Waals surface area contributed by atoms with Crippen molar-refractivity contribution in [2.75, 3.05) is 6.26 Å². The standard InChI is InChI=1S/C8H7NO2S/c1-12-8-5-6(9-11-8)7-3-2-4-10-7/h2-5H,1H3. The molecule has 0 radical (unpaired) electrons. The third kappa shape index (κ3) is 1.25. The molecule has 2 aromatic rings. The van der Waals surface area contributed by atoms with Crippen LogP contribution in [0.4, 0.5) is 0 Å². The average molecular weight is 181 g/mol. The molecule has 2 aromatic heterocycles. The predicted octanol–water partition coefficient (Wildman–Crippen LogP) is 2.66. The molecule has 4 heteroatoms. The molecule has 0 unspecified atom stereocenters. The maximum absolute atomic E-state index is 5.15. The second-order valence-electron chi connectivity index (χ2n) is 2.21. The fraction of sp³-hybridized carbons (Fsp3) is 0.125. The lowest BCUT2D eigenvalue weighted by molar-refractivity contribution is 0.350. The van der Waals surface area contributed by atoms with Gasteiger partial charge in [0.25, 0.3) is 0 Å². The molecule has 0 aliphatic heterocycles. The van der Waals surface area contributed by atoms with E-state index in [0.717, 1.165) is 16.5 Å². The Morgan fingerprint density at radius 3 is 3.00 bits per heavy atom. The van der Waals surface area contributed by atoms with E-state index in [1.165, 1.54) is 11.8 Å². The van der Waals surface area contributed by atoms with Gasteiger partial charge in [-0.05, 0) is 18.4 Å². The summed E-state index contributed by atoms with van der Waals surface area (Å²) in [5, 5.41) is 4.63. The topological polar surface area (TPSA) is 39.2 Å². The molecule has 0 N–H and O–H groups in total. The summed E-state index contributed by atoms with van der Waals surface area (Å²) in [6.45, 7) is 0. The SMILES string of the molecule is CSc1cc(-c2ccco2)no1. The van der Waals surface area contributed by atoms with Crippen molar-refractivity contribution < 1.29 is 8.94 Å². The molecular formula is C8H7NO2S. The molecule has 0 atom stereocenters. The summed E-state index contributed by atoms with van der Waals surface area (Å²) in [5.41, 5.74) is 0.740. The zero-order valence-corrected chi connectivity index (χ0v) is 7.30. The van der Waals surface area contributed by atoms with E-state index in [-0.39, 0.29) is 0 Å². The molecule has 3 nitrogen and oxygen atoms in total. The Morgan fingerprint density at radius 2 is 2.42 bits per heavy atom. The van der Waals surface area contributed by atoms with Crippen molar-refractivity contribution in [1.29, 1.82) is 0 Å². The van der Waals surface area contributed by atoms with Crippen molar-refractivity contribution in [1.82, 2.24) is 5.16 Å². The predicted molar refractivity (Wildman–Crippen MR) is 46.0 cm³/mol. The molecule has 0 fully saturated rings. The van der Waals surface area contributed by atoms with Gasteiger partial charge in [-0.2, -0.15) is 0 Å². The molecule has 0 amide bonds. The van der Waals surface area contributed by atoms with E-state index in [0.29, 0.717) is 0 Å². The van der Waals surface area contributed by atoms with E-state index in [2.05, 4.69) is 5.16 Å². The summed E-state index contributed by atoms with van der Waals surface area (Å²) in [4.78, 5) is 0. The first-order valence-electron chi connectivity index (χ1n) is 3.45. The van der Waals surface area contributed by atoms with Crippen molar-refractivity contribution in [3.63, 3.8) is 0 Å². The van der Waals surface area contributed by atoms with Crippen LogP contribution in [0.25, 0.3) is 11.5 Å². The highest BCUT2D eigenvalue weighted by molar-refractivity contribution is 7.98. The monoisotopic (exact) mass is 181 g/mol. The Balaban J connectivity index is 2.35. The molecule has 0 aliphatic rings. The van der Waals surface area contributed by atoms with Crippen molar-refractivity contribution in [3.05, 3.63) is 24.5 Å². The van der Waals surface area contributed by atoms with Gasteiger partial charge in [-0.1, -0.05) is 16.9 Å². The Morgan fingerprint density at radius 1 is 1.50 bits per heavy atom. The Hall–Kier alpha value is -1.16. The molecule has 2 rings (SSSR count). The lowest BCUT2D eigenvalue weighted by atomic mass is 10.3. The fourth-order valence-corrected chi connectivity index (χ4v) is 1.24. The highest BCUT2D eigenvalue weighted by atomic mass is 32.2. The number of furan rings is 1. The Bertz CT molecular complexity index is 353. The quantitative estimate of drug-likeness (QED) is 0.667. The molecule has 0 saturated carbocycles. The lowest BCUT2D eigenvalue weighted by Gasteiger charge is -1.82. The maximum atomic E-state index is 5.15. The Kier molecular flexibility index (Phi) is 1.91. The summed E-state index contributed by atoms with van der Waals surface area (Å²) in [5.74, 6) is 0.735. The zero-order valence-electron chi connectivity index (χ0n) is 6.48. The molecule has 62 valence electrons. The second-order valence-corrected chi connectivity index (χ2v) is 3.02. The number of thioether (sulfide) groups is 1. The average Bonchev–Trinajstić information content (AvgIpc) is 2.75. The zero-order chi connectivity index (χ0) is 8.39. The molecule has 12 heavy (non-hydrogen) atoms. The van der Waals surface area contributed by atoms with E-state index in [1.54, 1.807) is 6.26 Å². The number of hydrogen-bond acceptors (Lipinski definition) is 4. The molecule has 0 aromatic carbocycles. The van der Waals surface area contributed by atoms with Crippen LogP contribution in [0, 0.1) is 0 Å². The van der Waals surface area contributed by atoms with Gasteiger partial charge in [-0.15, -0.1) is 0 Å². The number of rotatable bonds is 2. The van der Waals surface area contributed by atoms with E-state index >= 15 is 0 Å². The van der Waals surface area contributed by atoms with E-state index in [4.69, 9.17) is 8.94 Å². The van der Waals surface area contributed by atoms with E-state index in [9.17, 15) is 0 Å². The van der Waals surface area contributed by atoms with Crippen LogP contribution in [0.15, 0.2) is 38.5 Å². The fourth-order valence-electron chi connectivity index (χ4n) is 0.895. The molecular weight excluding hydrogens is 174 g/mol. The van der Waals surface area contributed by atoms with Crippen LogP contribution in [0.5, 0.6) is 0 Å². The Labute approximate surface area is 73.7 Å². The normalized spacial score (nSPS) is 10.4. The molecule has 0 aliphatic carbocycles. The summed E-state index contributed by atoms with van der Waals surface area (Å²) < 4.78 is 10.1.